The molecule has 0 spiro atoms. The molecule has 2 N–H and O–H groups in total. The Morgan fingerprint density at radius 3 is 2.26 bits per heavy atom. The van der Waals surface area contributed by atoms with E-state index < -0.39 is 30.1 Å². The predicted molar refractivity (Wildman–Crippen MR) is 139 cm³/mol. The maximum Gasteiger partial charge on any atom is 0.471 e. The number of halogens is 4. The zero-order chi connectivity index (χ0) is 30.2. The fourth-order valence-corrected chi connectivity index (χ4v) is 4.39. The zero-order valence-corrected chi connectivity index (χ0v) is 24.0. The number of aromatic nitrogens is 1. The quantitative estimate of drug-likeness (QED) is 0.522. The van der Waals surface area contributed by atoms with Crippen molar-refractivity contribution in [3.8, 4) is 11.8 Å². The molecule has 3 amide bonds. The lowest BCUT2D eigenvalue weighted by Crippen LogP contribution is -2.44. The van der Waals surface area contributed by atoms with Gasteiger partial charge in [-0.15, -0.1) is 0 Å². The summed E-state index contributed by atoms with van der Waals surface area (Å²) in [5.41, 5.74) is -0.439. The third kappa shape index (κ3) is 8.46. The van der Waals surface area contributed by atoms with Crippen LogP contribution in [0.5, 0.6) is 5.75 Å². The SMILES string of the molecule is CC.CC(C)C.CC1(C)C2CN(C(=O)CNC(=O)C(F)(F)F)CC21.N#CC1(NC=O)COc2c(Cl)cncc21. The van der Waals surface area contributed by atoms with Gasteiger partial charge in [0, 0.05) is 25.5 Å². The molecule has 0 radical (unpaired) electrons. The number of pyridine rings is 1. The van der Waals surface area contributed by atoms with Crippen LogP contribution in [0.15, 0.2) is 12.4 Å². The van der Waals surface area contributed by atoms with Crippen molar-refractivity contribution in [3.05, 3.63) is 23.0 Å². The van der Waals surface area contributed by atoms with Gasteiger partial charge in [-0.2, -0.15) is 18.4 Å². The van der Waals surface area contributed by atoms with Crippen LogP contribution >= 0.6 is 11.6 Å². The lowest BCUT2D eigenvalue weighted by Gasteiger charge is -2.22. The minimum Gasteiger partial charge on any atom is -0.488 e. The minimum atomic E-state index is -4.94. The van der Waals surface area contributed by atoms with Crippen LogP contribution in [0, 0.1) is 34.5 Å². The number of nitrogens with one attached hydrogen (secondary N) is 2. The molecule has 1 aromatic rings. The molecule has 1 aliphatic carbocycles. The Labute approximate surface area is 232 Å². The number of nitriles is 1. The van der Waals surface area contributed by atoms with Crippen LogP contribution in [0.1, 0.15) is 54.0 Å². The summed E-state index contributed by atoms with van der Waals surface area (Å²) in [6, 6.07) is 2.00. The lowest BCUT2D eigenvalue weighted by molar-refractivity contribution is -0.174. The van der Waals surface area contributed by atoms with Crippen LogP contribution < -0.4 is 15.4 Å². The fraction of sp³-hybridized carbons (Fsp3) is 0.654. The van der Waals surface area contributed by atoms with Crippen molar-refractivity contribution in [2.45, 2.75) is 60.2 Å². The molecule has 1 saturated carbocycles. The molecule has 1 aromatic heterocycles. The Bertz CT molecular complexity index is 1040. The van der Waals surface area contributed by atoms with Crippen LogP contribution in [-0.2, 0) is 19.9 Å². The first-order valence-electron chi connectivity index (χ1n) is 12.6. The van der Waals surface area contributed by atoms with E-state index in [0.29, 0.717) is 47.7 Å². The highest BCUT2D eigenvalue weighted by Crippen LogP contribution is 2.61. The van der Waals surface area contributed by atoms with E-state index in [4.69, 9.17) is 21.6 Å². The molecule has 4 rings (SSSR count). The Morgan fingerprint density at radius 2 is 1.79 bits per heavy atom. The molecule has 0 bridgehead atoms. The molecular weight excluding hydrogens is 539 g/mol. The highest BCUT2D eigenvalue weighted by Gasteiger charge is 2.62. The Hall–Kier alpha value is -3.07. The number of alkyl halides is 3. The third-order valence-electron chi connectivity index (χ3n) is 6.37. The minimum absolute atomic E-state index is 0.0446. The maximum absolute atomic E-state index is 11.9. The summed E-state index contributed by atoms with van der Waals surface area (Å²) in [6.07, 6.45) is -1.58. The van der Waals surface area contributed by atoms with Gasteiger partial charge in [0.25, 0.3) is 0 Å². The normalized spacial score (nSPS) is 23.0. The second kappa shape index (κ2) is 13.8. The molecule has 2 aliphatic heterocycles. The van der Waals surface area contributed by atoms with E-state index in [0.717, 1.165) is 5.92 Å². The molecule has 3 atom stereocenters. The molecule has 39 heavy (non-hydrogen) atoms. The summed E-state index contributed by atoms with van der Waals surface area (Å²) in [6.45, 7) is 15.4. The van der Waals surface area contributed by atoms with E-state index in [-0.39, 0.29) is 12.0 Å². The molecular formula is C26H37ClF3N5O4. The number of ether oxygens (including phenoxy) is 1. The van der Waals surface area contributed by atoms with Gasteiger partial charge in [-0.1, -0.05) is 60.1 Å². The Kier molecular flexibility index (Phi) is 12.0. The Morgan fingerprint density at radius 1 is 1.26 bits per heavy atom. The molecule has 2 fully saturated rings. The van der Waals surface area contributed by atoms with E-state index >= 15 is 0 Å². The van der Waals surface area contributed by atoms with Crippen molar-refractivity contribution < 1.29 is 32.3 Å². The number of piperidine rings is 1. The molecule has 3 aliphatic rings. The van der Waals surface area contributed by atoms with E-state index in [2.05, 4.69) is 44.9 Å². The molecule has 3 heterocycles. The summed E-state index contributed by atoms with van der Waals surface area (Å²) in [4.78, 5) is 38.0. The van der Waals surface area contributed by atoms with Crippen molar-refractivity contribution in [2.24, 2.45) is 23.2 Å². The fourth-order valence-electron chi connectivity index (χ4n) is 4.18. The van der Waals surface area contributed by atoms with Gasteiger partial charge < -0.3 is 20.3 Å². The number of fused-ring (bicyclic) bond motifs is 2. The third-order valence-corrected chi connectivity index (χ3v) is 6.64. The van der Waals surface area contributed by atoms with Gasteiger partial charge >= 0.3 is 12.1 Å². The molecule has 13 heteroatoms. The van der Waals surface area contributed by atoms with Crippen molar-refractivity contribution >= 4 is 29.8 Å². The van der Waals surface area contributed by atoms with E-state index in [1.165, 1.54) is 17.3 Å². The van der Waals surface area contributed by atoms with Gasteiger partial charge in [-0.3, -0.25) is 19.4 Å². The van der Waals surface area contributed by atoms with E-state index in [1.54, 1.807) is 5.32 Å². The van der Waals surface area contributed by atoms with Gasteiger partial charge in [0.1, 0.15) is 17.4 Å². The summed E-state index contributed by atoms with van der Waals surface area (Å²) >= 11 is 5.84. The average molecular weight is 576 g/mol. The van der Waals surface area contributed by atoms with Crippen molar-refractivity contribution in [1.29, 1.82) is 5.26 Å². The van der Waals surface area contributed by atoms with Gasteiger partial charge in [0.15, 0.2) is 5.54 Å². The van der Waals surface area contributed by atoms with Crippen LogP contribution in [0.2, 0.25) is 5.02 Å². The van der Waals surface area contributed by atoms with Crippen LogP contribution in [0.4, 0.5) is 13.2 Å². The number of carbonyl (C=O) groups excluding carboxylic acids is 3. The summed E-state index contributed by atoms with van der Waals surface area (Å²) < 4.78 is 41.0. The predicted octanol–water partition coefficient (Wildman–Crippen LogP) is 4.06. The Balaban J connectivity index is 0.000000328. The second-order valence-corrected chi connectivity index (χ2v) is 10.7. The van der Waals surface area contributed by atoms with Gasteiger partial charge in [0.2, 0.25) is 12.3 Å². The number of rotatable bonds is 4. The molecule has 0 aromatic carbocycles. The number of amides is 3. The smallest absolute Gasteiger partial charge is 0.471 e. The van der Waals surface area contributed by atoms with Gasteiger partial charge in [0.05, 0.1) is 18.2 Å². The standard InChI is InChI=1S/C11H15F3N2O2.C9H6ClN3O2.C4H10.C2H6/c1-10(2)6-4-16(5-7(6)10)8(17)3-15-9(18)11(12,13)14;10-7-2-12-1-6-8(7)15-4-9(6,3-11)13-5-14;1-4(2)3;1-2/h6-7H,3-5H2,1-2H3,(H,15,18);1-2,5H,4H2,(H,13,14);4H,1-3H3;1-2H3. The largest absolute Gasteiger partial charge is 0.488 e. The number of hydrogen-bond donors (Lipinski definition) is 2. The second-order valence-electron chi connectivity index (χ2n) is 10.3. The highest BCUT2D eigenvalue weighted by atomic mass is 35.5. The zero-order valence-electron chi connectivity index (χ0n) is 23.3. The lowest BCUT2D eigenvalue weighted by atomic mass is 9.96. The van der Waals surface area contributed by atoms with Gasteiger partial charge in [-0.25, -0.2) is 0 Å². The number of nitrogens with zero attached hydrogens (tertiary/aromatic N) is 3. The van der Waals surface area contributed by atoms with E-state index in [9.17, 15) is 27.6 Å². The van der Waals surface area contributed by atoms with Crippen LogP contribution in [-0.4, -0.2) is 60.5 Å². The maximum atomic E-state index is 11.9. The first-order valence-corrected chi connectivity index (χ1v) is 13.0. The van der Waals surface area contributed by atoms with E-state index in [1.807, 2.05) is 19.9 Å². The number of hydrogen-bond acceptors (Lipinski definition) is 6. The summed E-state index contributed by atoms with van der Waals surface area (Å²) in [5.74, 6) is -0.391. The number of carbonyl (C=O) groups is 3. The van der Waals surface area contributed by atoms with Crippen molar-refractivity contribution in [2.75, 3.05) is 26.2 Å². The first-order chi connectivity index (χ1) is 18.1. The number of likely N-dealkylation sites (tertiary alicyclic amines) is 1. The molecule has 218 valence electrons. The topological polar surface area (TPSA) is 124 Å². The molecule has 1 saturated heterocycles. The van der Waals surface area contributed by atoms with Gasteiger partial charge in [-0.05, 0) is 23.2 Å². The summed E-state index contributed by atoms with van der Waals surface area (Å²) in [5, 5.41) is 13.4. The first kappa shape index (κ1) is 34.0. The highest BCUT2D eigenvalue weighted by molar-refractivity contribution is 6.32. The van der Waals surface area contributed by atoms with Crippen molar-refractivity contribution in [1.82, 2.24) is 20.5 Å². The average Bonchev–Trinajstić information content (AvgIpc) is 3.25. The summed E-state index contributed by atoms with van der Waals surface area (Å²) in [7, 11) is 0. The molecule has 3 unspecified atom stereocenters. The van der Waals surface area contributed by atoms with Crippen molar-refractivity contribution in [3.63, 3.8) is 0 Å². The molecule has 9 nitrogen and oxygen atoms in total. The monoisotopic (exact) mass is 575 g/mol. The van der Waals surface area contributed by atoms with Crippen LogP contribution in [0.25, 0.3) is 0 Å². The van der Waals surface area contributed by atoms with Crippen LogP contribution in [0.3, 0.4) is 0 Å².